The zero-order valence-electron chi connectivity index (χ0n) is 16.2. The van der Waals surface area contributed by atoms with Crippen molar-refractivity contribution in [3.05, 3.63) is 58.1 Å². The minimum Gasteiger partial charge on any atom is -0.481 e. The molecule has 0 saturated heterocycles. The number of hydrogen-bond acceptors (Lipinski definition) is 3. The first kappa shape index (κ1) is 21.5. The molecule has 2 aromatic carbocycles. The molecule has 0 aromatic heterocycles. The zero-order chi connectivity index (χ0) is 20.8. The second-order valence-electron chi connectivity index (χ2n) is 7.21. The fourth-order valence-electron chi connectivity index (χ4n) is 3.30. The number of carbonyl (C=O) groups is 2. The molecule has 1 saturated carbocycles. The molecule has 5 nitrogen and oxygen atoms in total. The first-order valence-electron chi connectivity index (χ1n) is 9.76. The minimum atomic E-state index is -0.730. The van der Waals surface area contributed by atoms with Crippen LogP contribution in [0.4, 0.5) is 5.69 Å². The Kier molecular flexibility index (Phi) is 7.40. The summed E-state index contributed by atoms with van der Waals surface area (Å²) in [4.78, 5) is 25.1. The number of hydrogen-bond donors (Lipinski definition) is 2. The molecule has 7 heteroatoms. The van der Waals surface area contributed by atoms with Gasteiger partial charge in [0.25, 0.3) is 11.8 Å². The maximum atomic E-state index is 12.6. The second kappa shape index (κ2) is 9.99. The molecule has 0 heterocycles. The maximum Gasteiger partial charge on any atom is 0.265 e. The highest BCUT2D eigenvalue weighted by Crippen LogP contribution is 2.23. The van der Waals surface area contributed by atoms with Gasteiger partial charge in [0, 0.05) is 16.8 Å². The molecule has 3 rings (SSSR count). The van der Waals surface area contributed by atoms with E-state index in [2.05, 4.69) is 10.6 Å². The number of benzene rings is 2. The second-order valence-corrected chi connectivity index (χ2v) is 8.05. The Morgan fingerprint density at radius 1 is 1.03 bits per heavy atom. The van der Waals surface area contributed by atoms with Gasteiger partial charge in [0.05, 0.1) is 10.6 Å². The van der Waals surface area contributed by atoms with Crippen LogP contribution in [0.5, 0.6) is 5.75 Å². The lowest BCUT2D eigenvalue weighted by molar-refractivity contribution is -0.122. The van der Waals surface area contributed by atoms with Crippen LogP contribution in [-0.4, -0.2) is 24.0 Å². The van der Waals surface area contributed by atoms with Gasteiger partial charge in [-0.2, -0.15) is 0 Å². The van der Waals surface area contributed by atoms with E-state index in [-0.39, 0.29) is 17.9 Å². The quantitative estimate of drug-likeness (QED) is 0.633. The number of nitrogens with one attached hydrogen (secondary N) is 2. The van der Waals surface area contributed by atoms with Crippen LogP contribution >= 0.6 is 23.2 Å². The Hall–Kier alpha value is -2.24. The van der Waals surface area contributed by atoms with E-state index in [1.165, 1.54) is 6.42 Å². The van der Waals surface area contributed by atoms with E-state index in [0.29, 0.717) is 27.0 Å². The summed E-state index contributed by atoms with van der Waals surface area (Å²) in [7, 11) is 0. The molecular weight excluding hydrogens is 411 g/mol. The average Bonchev–Trinajstić information content (AvgIpc) is 2.71. The summed E-state index contributed by atoms with van der Waals surface area (Å²) in [6.07, 6.45) is 4.70. The highest BCUT2D eigenvalue weighted by Gasteiger charge is 2.20. The van der Waals surface area contributed by atoms with E-state index >= 15 is 0 Å². The first-order valence-corrected chi connectivity index (χ1v) is 10.5. The van der Waals surface area contributed by atoms with Crippen LogP contribution in [0.1, 0.15) is 49.4 Å². The van der Waals surface area contributed by atoms with E-state index in [4.69, 9.17) is 27.9 Å². The van der Waals surface area contributed by atoms with Gasteiger partial charge in [-0.15, -0.1) is 0 Å². The van der Waals surface area contributed by atoms with Crippen molar-refractivity contribution in [3.8, 4) is 5.75 Å². The molecule has 2 N–H and O–H groups in total. The van der Waals surface area contributed by atoms with E-state index in [1.807, 2.05) is 0 Å². The van der Waals surface area contributed by atoms with Crippen molar-refractivity contribution in [2.45, 2.75) is 51.2 Å². The van der Waals surface area contributed by atoms with Crippen molar-refractivity contribution < 1.29 is 14.3 Å². The maximum absolute atomic E-state index is 12.6. The standard InChI is InChI=1S/C22H24Cl2N2O3/c1-14(29-18-10-7-15(23)8-11-18)21(27)26-17-9-12-20(24)19(13-17)22(28)25-16-5-3-2-4-6-16/h7-14,16H,2-6H2,1H3,(H,25,28)(H,26,27). The first-order chi connectivity index (χ1) is 13.9. The molecule has 1 atom stereocenters. The number of ether oxygens (including phenoxy) is 1. The van der Waals surface area contributed by atoms with Crippen LogP contribution in [0, 0.1) is 0 Å². The van der Waals surface area contributed by atoms with Crippen molar-refractivity contribution in [1.82, 2.24) is 5.32 Å². The Labute approximate surface area is 180 Å². The van der Waals surface area contributed by atoms with Crippen LogP contribution in [0.3, 0.4) is 0 Å². The highest BCUT2D eigenvalue weighted by molar-refractivity contribution is 6.34. The van der Waals surface area contributed by atoms with E-state index in [9.17, 15) is 9.59 Å². The summed E-state index contributed by atoms with van der Waals surface area (Å²) in [6, 6.07) is 11.8. The third kappa shape index (κ3) is 6.12. The molecule has 0 bridgehead atoms. The van der Waals surface area contributed by atoms with Crippen LogP contribution in [0.15, 0.2) is 42.5 Å². The minimum absolute atomic E-state index is 0.179. The van der Waals surface area contributed by atoms with Gasteiger partial charge in [-0.1, -0.05) is 42.5 Å². The zero-order valence-corrected chi connectivity index (χ0v) is 17.7. The number of halogens is 2. The van der Waals surface area contributed by atoms with Gasteiger partial charge in [-0.3, -0.25) is 9.59 Å². The summed E-state index contributed by atoms with van der Waals surface area (Å²) in [5.74, 6) is -0.00919. The molecule has 1 aliphatic carbocycles. The summed E-state index contributed by atoms with van der Waals surface area (Å²) >= 11 is 12.1. The van der Waals surface area contributed by atoms with Crippen molar-refractivity contribution in [2.75, 3.05) is 5.32 Å². The third-order valence-corrected chi connectivity index (χ3v) is 5.50. The molecule has 1 unspecified atom stereocenters. The fraction of sp³-hybridized carbons (Fsp3) is 0.364. The smallest absolute Gasteiger partial charge is 0.265 e. The van der Waals surface area contributed by atoms with Gasteiger partial charge in [0.1, 0.15) is 5.75 Å². The number of amides is 2. The molecule has 0 radical (unpaired) electrons. The Balaban J connectivity index is 1.62. The van der Waals surface area contributed by atoms with Gasteiger partial charge >= 0.3 is 0 Å². The van der Waals surface area contributed by atoms with Gasteiger partial charge in [-0.05, 0) is 62.2 Å². The SMILES string of the molecule is CC(Oc1ccc(Cl)cc1)C(=O)Nc1ccc(Cl)c(C(=O)NC2CCCCC2)c1. The molecule has 2 amide bonds. The van der Waals surface area contributed by atoms with Gasteiger partial charge in [0.2, 0.25) is 0 Å². The van der Waals surface area contributed by atoms with Crippen LogP contribution in [-0.2, 0) is 4.79 Å². The lowest BCUT2D eigenvalue weighted by Crippen LogP contribution is -2.36. The predicted octanol–water partition coefficient (Wildman–Crippen LogP) is 5.46. The molecule has 1 fully saturated rings. The fourth-order valence-corrected chi connectivity index (χ4v) is 3.63. The van der Waals surface area contributed by atoms with Crippen molar-refractivity contribution in [2.24, 2.45) is 0 Å². The summed E-state index contributed by atoms with van der Waals surface area (Å²) in [5.41, 5.74) is 0.834. The van der Waals surface area contributed by atoms with Gasteiger partial charge in [-0.25, -0.2) is 0 Å². The normalized spacial score (nSPS) is 15.4. The Bertz CT molecular complexity index is 865. The number of anilines is 1. The Morgan fingerprint density at radius 3 is 2.41 bits per heavy atom. The van der Waals surface area contributed by atoms with Crippen molar-refractivity contribution >= 4 is 40.7 Å². The van der Waals surface area contributed by atoms with Crippen LogP contribution < -0.4 is 15.4 Å². The topological polar surface area (TPSA) is 67.4 Å². The average molecular weight is 435 g/mol. The van der Waals surface area contributed by atoms with E-state index in [1.54, 1.807) is 49.4 Å². The third-order valence-electron chi connectivity index (χ3n) is 4.91. The summed E-state index contributed by atoms with van der Waals surface area (Å²) < 4.78 is 5.63. The molecule has 154 valence electrons. The van der Waals surface area contributed by atoms with E-state index in [0.717, 1.165) is 25.7 Å². The lowest BCUT2D eigenvalue weighted by atomic mass is 9.95. The van der Waals surface area contributed by atoms with Gasteiger partial charge < -0.3 is 15.4 Å². The van der Waals surface area contributed by atoms with Crippen molar-refractivity contribution in [1.29, 1.82) is 0 Å². The predicted molar refractivity (Wildman–Crippen MR) is 116 cm³/mol. The summed E-state index contributed by atoms with van der Waals surface area (Å²) in [5, 5.41) is 6.76. The van der Waals surface area contributed by atoms with Crippen LogP contribution in [0.2, 0.25) is 10.0 Å². The largest absolute Gasteiger partial charge is 0.481 e. The van der Waals surface area contributed by atoms with Crippen molar-refractivity contribution in [3.63, 3.8) is 0 Å². The number of carbonyl (C=O) groups excluding carboxylic acids is 2. The van der Waals surface area contributed by atoms with Crippen LogP contribution in [0.25, 0.3) is 0 Å². The molecular formula is C22H24Cl2N2O3. The molecule has 29 heavy (non-hydrogen) atoms. The lowest BCUT2D eigenvalue weighted by Gasteiger charge is -2.23. The molecule has 2 aromatic rings. The Morgan fingerprint density at radius 2 is 1.72 bits per heavy atom. The molecule has 1 aliphatic rings. The monoisotopic (exact) mass is 434 g/mol. The van der Waals surface area contributed by atoms with Gasteiger partial charge in [0.15, 0.2) is 6.10 Å². The molecule has 0 spiro atoms. The van der Waals surface area contributed by atoms with E-state index < -0.39 is 6.10 Å². The number of rotatable bonds is 6. The highest BCUT2D eigenvalue weighted by atomic mass is 35.5. The molecule has 0 aliphatic heterocycles. The summed E-state index contributed by atoms with van der Waals surface area (Å²) in [6.45, 7) is 1.65.